The highest BCUT2D eigenvalue weighted by atomic mass is 31.2. The number of hydrogen-bond acceptors (Lipinski definition) is 11. The zero-order chi connectivity index (χ0) is 46.0. The Bertz CT molecular complexity index is 1520. The van der Waals surface area contributed by atoms with E-state index >= 15 is 0 Å². The normalized spacial score (nSPS) is 14.8. The Balaban J connectivity index is 4.74. The molecule has 0 aromatic rings. The third-order valence-electron chi connectivity index (χ3n) is 8.44. The van der Waals surface area contributed by atoms with Crippen molar-refractivity contribution < 1.29 is 66.3 Å². The molecule has 0 spiro atoms. The number of aliphatic hydroxyl groups is 1. The van der Waals surface area contributed by atoms with E-state index in [1.54, 1.807) is 12.2 Å². The van der Waals surface area contributed by atoms with Crippen LogP contribution in [0.25, 0.3) is 0 Å². The number of esters is 2. The number of unbranched alkanes of at least 4 members (excludes halogenated alkanes) is 7. The van der Waals surface area contributed by atoms with Crippen LogP contribution in [0.1, 0.15) is 136 Å². The summed E-state index contributed by atoms with van der Waals surface area (Å²) in [6.45, 7) is 1.35. The van der Waals surface area contributed by atoms with Gasteiger partial charge in [0.1, 0.15) is 12.7 Å². The Morgan fingerprint density at radius 3 is 1.65 bits per heavy atom. The van der Waals surface area contributed by atoms with Crippen molar-refractivity contribution in [1.82, 2.24) is 0 Å². The number of ether oxygens (including phenoxy) is 2. The highest BCUT2D eigenvalue weighted by Crippen LogP contribution is 2.43. The molecule has 0 aromatic heterocycles. The number of carbonyl (C=O) groups is 3. The molecule has 0 amide bonds. The average Bonchev–Trinajstić information content (AvgIpc) is 3.23. The van der Waals surface area contributed by atoms with E-state index in [4.69, 9.17) is 23.8 Å². The molecule has 1 unspecified atom stereocenters. The molecule has 0 saturated heterocycles. The molecule has 0 heterocycles. The Morgan fingerprint density at radius 2 is 1.06 bits per heavy atom. The minimum Gasteiger partial charge on any atom is -0.462 e. The summed E-state index contributed by atoms with van der Waals surface area (Å²) < 4.78 is 47.6. The molecular formula is C46H74O14P2. The van der Waals surface area contributed by atoms with Gasteiger partial charge in [-0.1, -0.05) is 137 Å². The maximum absolute atomic E-state index is 12.6. The largest absolute Gasteiger partial charge is 0.472 e. The summed E-state index contributed by atoms with van der Waals surface area (Å²) in [5, 5.41) is 9.74. The van der Waals surface area contributed by atoms with E-state index in [0.29, 0.717) is 25.7 Å². The van der Waals surface area contributed by atoms with Crippen molar-refractivity contribution in [2.75, 3.05) is 26.4 Å². The molecular weight excluding hydrogens is 838 g/mol. The third kappa shape index (κ3) is 43.4. The van der Waals surface area contributed by atoms with Gasteiger partial charge in [-0.25, -0.2) is 9.13 Å². The molecule has 4 N–H and O–H groups in total. The van der Waals surface area contributed by atoms with Gasteiger partial charge in [0.05, 0.1) is 19.8 Å². The summed E-state index contributed by atoms with van der Waals surface area (Å²) in [7, 11) is -9.75. The fraction of sp³-hybridized carbons (Fsp3) is 0.587. The van der Waals surface area contributed by atoms with Crippen molar-refractivity contribution in [3.05, 3.63) is 97.2 Å². The van der Waals surface area contributed by atoms with Crippen molar-refractivity contribution in [2.24, 2.45) is 0 Å². The van der Waals surface area contributed by atoms with Crippen LogP contribution in [0.3, 0.4) is 0 Å². The molecule has 0 radical (unpaired) electrons. The topological polar surface area (TPSA) is 212 Å². The number of ketones is 1. The summed E-state index contributed by atoms with van der Waals surface area (Å²) in [6, 6.07) is 0. The lowest BCUT2D eigenvalue weighted by Gasteiger charge is -2.20. The van der Waals surface area contributed by atoms with Gasteiger partial charge in [-0.3, -0.25) is 28.0 Å². The van der Waals surface area contributed by atoms with Gasteiger partial charge in [0.25, 0.3) is 0 Å². The molecule has 14 nitrogen and oxygen atoms in total. The van der Waals surface area contributed by atoms with E-state index in [2.05, 4.69) is 83.7 Å². The minimum atomic E-state index is -4.89. The predicted molar refractivity (Wildman–Crippen MR) is 244 cm³/mol. The Hall–Kier alpha value is -3.29. The Morgan fingerprint density at radius 1 is 0.532 bits per heavy atom. The Kier molecular flexibility index (Phi) is 38.3. The number of carbonyl (C=O) groups excluding carboxylic acids is 3. The van der Waals surface area contributed by atoms with Crippen molar-refractivity contribution in [3.8, 4) is 0 Å². The quantitative estimate of drug-likeness (QED) is 0.0112. The number of allylic oxidation sites excluding steroid dienone is 16. The first-order valence-electron chi connectivity index (χ1n) is 21.9. The molecule has 352 valence electrons. The van der Waals surface area contributed by atoms with Crippen LogP contribution in [0.5, 0.6) is 0 Å². The van der Waals surface area contributed by atoms with Crippen molar-refractivity contribution in [1.29, 1.82) is 0 Å². The SMILES string of the molecule is CC/C=C\C/C=C\C/C=C\C/C=C\C/C=C\C/C=C\CCC(=O)O[C@H](COC(=O)CCCCCCCC(=O)/C=C/C=C\CCCCC)COP(=O)(O)OC[C@@H](O)COP(=O)(O)O. The summed E-state index contributed by atoms with van der Waals surface area (Å²) in [4.78, 5) is 64.7. The highest BCUT2D eigenvalue weighted by molar-refractivity contribution is 7.47. The van der Waals surface area contributed by atoms with Crippen LogP contribution in [-0.4, -0.2) is 76.1 Å². The van der Waals surface area contributed by atoms with Crippen molar-refractivity contribution in [2.45, 2.75) is 148 Å². The highest BCUT2D eigenvalue weighted by Gasteiger charge is 2.28. The van der Waals surface area contributed by atoms with Crippen LogP contribution in [0.15, 0.2) is 97.2 Å². The molecule has 0 aliphatic heterocycles. The van der Waals surface area contributed by atoms with Gasteiger partial charge in [0.2, 0.25) is 0 Å². The lowest BCUT2D eigenvalue weighted by atomic mass is 10.1. The number of hydrogen-bond donors (Lipinski definition) is 4. The van der Waals surface area contributed by atoms with E-state index in [1.165, 1.54) is 12.8 Å². The van der Waals surface area contributed by atoms with Gasteiger partial charge in [-0.05, 0) is 76.7 Å². The van der Waals surface area contributed by atoms with Crippen LogP contribution in [-0.2, 0) is 46.6 Å². The minimum absolute atomic E-state index is 0.0241. The van der Waals surface area contributed by atoms with Gasteiger partial charge >= 0.3 is 27.6 Å². The number of rotatable bonds is 40. The molecule has 0 bridgehead atoms. The molecule has 0 aliphatic carbocycles. The van der Waals surface area contributed by atoms with E-state index in [9.17, 15) is 33.5 Å². The van der Waals surface area contributed by atoms with Gasteiger partial charge in [-0.2, -0.15) is 0 Å². The van der Waals surface area contributed by atoms with Gasteiger partial charge in [0.15, 0.2) is 11.9 Å². The standard InChI is InChI=1S/C46H74O14P2/c1-3-5-7-9-11-12-13-14-15-16-17-18-19-20-21-22-24-28-33-37-46(50)60-44(41-59-62(54,55)58-39-43(48)38-57-61(51,52)53)40-56-45(49)36-32-29-25-27-31-35-42(47)34-30-26-23-10-8-6-4-2/h5,7,11-12,14-15,17-18,20-21,23-24,26,28,30,34,43-44,48H,3-4,6,8-10,13,16,19,22,25,27,29,31-33,35-41H2,1-2H3,(H,54,55)(H2,51,52,53)/b7-5-,12-11-,15-14-,18-17-,21-20-,26-23-,28-24-,34-30+/t43-,44+/m0/s1. The van der Waals surface area contributed by atoms with Crippen LogP contribution < -0.4 is 0 Å². The number of aliphatic hydroxyl groups excluding tert-OH is 1. The van der Waals surface area contributed by atoms with Crippen LogP contribution >= 0.6 is 15.6 Å². The second kappa shape index (κ2) is 40.5. The zero-order valence-corrected chi connectivity index (χ0v) is 38.7. The molecule has 16 heteroatoms. The first-order chi connectivity index (χ1) is 29.8. The fourth-order valence-corrected chi connectivity index (χ4v) is 6.27. The van der Waals surface area contributed by atoms with Crippen LogP contribution in [0, 0.1) is 0 Å². The molecule has 0 rings (SSSR count). The van der Waals surface area contributed by atoms with E-state index in [-0.39, 0.29) is 18.6 Å². The van der Waals surface area contributed by atoms with Crippen molar-refractivity contribution in [3.63, 3.8) is 0 Å². The lowest BCUT2D eigenvalue weighted by Crippen LogP contribution is -2.29. The third-order valence-corrected chi connectivity index (χ3v) is 9.87. The second-order valence-electron chi connectivity index (χ2n) is 14.3. The molecule has 62 heavy (non-hydrogen) atoms. The average molecular weight is 913 g/mol. The van der Waals surface area contributed by atoms with E-state index < -0.39 is 66.2 Å². The maximum Gasteiger partial charge on any atom is 0.472 e. The summed E-state index contributed by atoms with van der Waals surface area (Å²) in [6.07, 6.45) is 43.8. The molecule has 0 saturated carbocycles. The van der Waals surface area contributed by atoms with Gasteiger partial charge in [0, 0.05) is 19.3 Å². The molecule has 0 fully saturated rings. The molecule has 0 aromatic carbocycles. The molecule has 3 atom stereocenters. The first-order valence-corrected chi connectivity index (χ1v) is 24.9. The fourth-order valence-electron chi connectivity index (χ4n) is 5.12. The monoisotopic (exact) mass is 912 g/mol. The van der Waals surface area contributed by atoms with Gasteiger partial charge in [-0.15, -0.1) is 0 Å². The van der Waals surface area contributed by atoms with E-state index in [0.717, 1.165) is 70.6 Å². The summed E-state index contributed by atoms with van der Waals surface area (Å²) in [5.74, 6) is -1.15. The Labute approximate surface area is 370 Å². The van der Waals surface area contributed by atoms with Crippen molar-refractivity contribution >= 4 is 33.4 Å². The van der Waals surface area contributed by atoms with Crippen LogP contribution in [0.4, 0.5) is 0 Å². The predicted octanol–water partition coefficient (Wildman–Crippen LogP) is 10.5. The van der Waals surface area contributed by atoms with Crippen LogP contribution in [0.2, 0.25) is 0 Å². The van der Waals surface area contributed by atoms with Gasteiger partial charge < -0.3 is 29.3 Å². The number of phosphoric ester groups is 2. The summed E-state index contributed by atoms with van der Waals surface area (Å²) >= 11 is 0. The lowest BCUT2D eigenvalue weighted by molar-refractivity contribution is -0.161. The molecule has 0 aliphatic rings. The maximum atomic E-state index is 12.6. The number of phosphoric acid groups is 2. The van der Waals surface area contributed by atoms with E-state index in [1.807, 2.05) is 24.3 Å². The summed E-state index contributed by atoms with van der Waals surface area (Å²) in [5.41, 5.74) is 0. The smallest absolute Gasteiger partial charge is 0.462 e. The zero-order valence-electron chi connectivity index (χ0n) is 36.9. The first kappa shape index (κ1) is 58.7. The second-order valence-corrected chi connectivity index (χ2v) is 17.0.